The van der Waals surface area contributed by atoms with Crippen LogP contribution in [0.2, 0.25) is 0 Å². The second-order valence-corrected chi connectivity index (χ2v) is 11.1. The van der Waals surface area contributed by atoms with Crippen LogP contribution in [0.4, 0.5) is 0 Å². The number of para-hydroxylation sites is 1. The van der Waals surface area contributed by atoms with Gasteiger partial charge in [-0.2, -0.15) is 0 Å². The van der Waals surface area contributed by atoms with Crippen LogP contribution >= 0.6 is 34.9 Å². The summed E-state index contributed by atoms with van der Waals surface area (Å²) >= 11 is 4.76. The predicted molar refractivity (Wildman–Crippen MR) is 122 cm³/mol. The number of carbonyl (C=O) groups excluding carboxylic acids is 1. The highest BCUT2D eigenvalue weighted by molar-refractivity contribution is 8.00. The van der Waals surface area contributed by atoms with Gasteiger partial charge >= 0.3 is 5.97 Å². The van der Waals surface area contributed by atoms with Crippen LogP contribution in [0.3, 0.4) is 0 Å². The van der Waals surface area contributed by atoms with Gasteiger partial charge in [-0.1, -0.05) is 43.8 Å². The minimum atomic E-state index is -0.310. The summed E-state index contributed by atoms with van der Waals surface area (Å²) in [5, 5.41) is 1.25. The lowest BCUT2D eigenvalue weighted by atomic mass is 10.00. The van der Waals surface area contributed by atoms with E-state index >= 15 is 0 Å². The Balaban J connectivity index is 1.88. The average molecular weight is 447 g/mol. The number of rotatable bonds is 5. The second kappa shape index (κ2) is 8.16. The van der Waals surface area contributed by atoms with E-state index in [2.05, 4.69) is 13.8 Å². The zero-order valence-electron chi connectivity index (χ0n) is 16.6. The molecule has 0 atom stereocenters. The molecule has 0 spiro atoms. The molecule has 0 unspecified atom stereocenters. The molecule has 0 radical (unpaired) electrons. The molecule has 3 aromatic rings. The number of benzene rings is 1. The summed E-state index contributed by atoms with van der Waals surface area (Å²) in [6, 6.07) is 9.49. The number of thioether (sulfide) groups is 2. The number of hydrogen-bond donors (Lipinski definition) is 0. The summed E-state index contributed by atoms with van der Waals surface area (Å²) in [5.74, 6) is 0.710. The van der Waals surface area contributed by atoms with Gasteiger partial charge in [-0.15, -0.1) is 23.1 Å². The van der Waals surface area contributed by atoms with Crippen molar-refractivity contribution in [2.24, 2.45) is 0 Å². The largest absolute Gasteiger partial charge is 0.465 e. The Kier molecular flexibility index (Phi) is 5.77. The van der Waals surface area contributed by atoms with Crippen LogP contribution in [0.5, 0.6) is 0 Å². The first-order valence-corrected chi connectivity index (χ1v) is 12.2. The maximum Gasteiger partial charge on any atom is 0.316 e. The maximum atomic E-state index is 13.7. The molecule has 152 valence electrons. The topological polar surface area (TPSA) is 61.2 Å². The van der Waals surface area contributed by atoms with Crippen molar-refractivity contribution in [1.82, 2.24) is 9.55 Å². The van der Waals surface area contributed by atoms with Gasteiger partial charge in [0.15, 0.2) is 5.16 Å². The van der Waals surface area contributed by atoms with Gasteiger partial charge in [-0.05, 0) is 31.0 Å². The minimum Gasteiger partial charge on any atom is -0.465 e. The molecule has 0 saturated heterocycles. The number of aromatic nitrogens is 2. The number of fused-ring (bicyclic) bond motifs is 3. The number of esters is 1. The second-order valence-electron chi connectivity index (χ2n) is 7.37. The lowest BCUT2D eigenvalue weighted by Gasteiger charge is -2.28. The highest BCUT2D eigenvalue weighted by atomic mass is 32.2. The van der Waals surface area contributed by atoms with Crippen molar-refractivity contribution in [3.63, 3.8) is 0 Å². The van der Waals surface area contributed by atoms with Gasteiger partial charge in [0.05, 0.1) is 23.4 Å². The smallest absolute Gasteiger partial charge is 0.316 e. The summed E-state index contributed by atoms with van der Waals surface area (Å²) in [5.41, 5.74) is 1.83. The van der Waals surface area contributed by atoms with Crippen molar-refractivity contribution in [2.75, 3.05) is 12.4 Å². The van der Waals surface area contributed by atoms with Crippen LogP contribution in [0, 0.1) is 0 Å². The Morgan fingerprint density at radius 2 is 2.07 bits per heavy atom. The van der Waals surface area contributed by atoms with E-state index < -0.39 is 0 Å². The predicted octanol–water partition coefficient (Wildman–Crippen LogP) is 4.67. The fourth-order valence-corrected chi connectivity index (χ4v) is 6.59. The van der Waals surface area contributed by atoms with Gasteiger partial charge in [0.1, 0.15) is 4.83 Å². The SMILES string of the molecule is CCOC(=O)CSc1nc2sc3c(c2c(=O)n1-c1ccccc1)CC(C)(C)SC3. The molecule has 4 rings (SSSR count). The van der Waals surface area contributed by atoms with Crippen LogP contribution in [-0.2, 0) is 21.7 Å². The molecule has 2 aromatic heterocycles. The lowest BCUT2D eigenvalue weighted by molar-refractivity contribution is -0.139. The quantitative estimate of drug-likeness (QED) is 0.322. The molecule has 3 heterocycles. The Labute approximate surface area is 181 Å². The van der Waals surface area contributed by atoms with Crippen molar-refractivity contribution in [2.45, 2.75) is 42.8 Å². The van der Waals surface area contributed by atoms with E-state index in [1.165, 1.54) is 16.6 Å². The Morgan fingerprint density at radius 1 is 1.31 bits per heavy atom. The number of nitrogens with zero attached hydrogens (tertiary/aromatic N) is 2. The maximum absolute atomic E-state index is 13.7. The zero-order valence-corrected chi connectivity index (χ0v) is 19.0. The van der Waals surface area contributed by atoms with Crippen LogP contribution in [-0.4, -0.2) is 32.6 Å². The molecule has 0 saturated carbocycles. The summed E-state index contributed by atoms with van der Waals surface area (Å²) in [4.78, 5) is 32.4. The Bertz CT molecular complexity index is 1120. The average Bonchev–Trinajstić information content (AvgIpc) is 3.04. The van der Waals surface area contributed by atoms with Gasteiger partial charge in [0.25, 0.3) is 5.56 Å². The molecular weight excluding hydrogens is 424 g/mol. The highest BCUT2D eigenvalue weighted by Gasteiger charge is 2.31. The Hall–Kier alpha value is -1.77. The normalized spacial score (nSPS) is 15.3. The van der Waals surface area contributed by atoms with E-state index in [-0.39, 0.29) is 22.0 Å². The molecule has 1 aromatic carbocycles. The van der Waals surface area contributed by atoms with Gasteiger partial charge < -0.3 is 4.74 Å². The Morgan fingerprint density at radius 3 is 2.79 bits per heavy atom. The number of carbonyl (C=O) groups is 1. The first-order valence-electron chi connectivity index (χ1n) is 9.44. The minimum absolute atomic E-state index is 0.0623. The molecule has 1 aliphatic rings. The van der Waals surface area contributed by atoms with Crippen molar-refractivity contribution >= 4 is 51.0 Å². The molecule has 0 N–H and O–H groups in total. The van der Waals surface area contributed by atoms with Gasteiger partial charge in [0, 0.05) is 15.4 Å². The monoisotopic (exact) mass is 446 g/mol. The number of ether oxygens (including phenoxy) is 1. The lowest BCUT2D eigenvalue weighted by Crippen LogP contribution is -2.26. The van der Waals surface area contributed by atoms with Crippen molar-refractivity contribution in [1.29, 1.82) is 0 Å². The van der Waals surface area contributed by atoms with Crippen LogP contribution in [0.15, 0.2) is 40.3 Å². The first kappa shape index (κ1) is 20.5. The molecule has 0 aliphatic carbocycles. The van der Waals surface area contributed by atoms with Crippen molar-refractivity contribution in [3.05, 3.63) is 51.1 Å². The van der Waals surface area contributed by atoms with Crippen molar-refractivity contribution < 1.29 is 9.53 Å². The molecule has 0 bridgehead atoms. The third kappa shape index (κ3) is 4.11. The van der Waals surface area contributed by atoms with E-state index in [1.54, 1.807) is 22.8 Å². The number of hydrogen-bond acceptors (Lipinski definition) is 7. The van der Waals surface area contributed by atoms with Crippen LogP contribution in [0.1, 0.15) is 31.2 Å². The standard InChI is InChI=1S/C21H22N2O3S3/c1-4-26-16(24)12-27-20-22-18-17(14-10-21(2,3)28-11-15(14)29-18)19(25)23(20)13-8-6-5-7-9-13/h5-9H,4,10-12H2,1-3H3. The van der Waals surface area contributed by atoms with E-state index in [0.29, 0.717) is 11.8 Å². The molecule has 29 heavy (non-hydrogen) atoms. The third-order valence-corrected chi connectivity index (χ3v) is 8.29. The van der Waals surface area contributed by atoms with Gasteiger partial charge in [-0.25, -0.2) is 4.98 Å². The van der Waals surface area contributed by atoms with Gasteiger partial charge in [0.2, 0.25) is 0 Å². The van der Waals surface area contributed by atoms with Crippen LogP contribution < -0.4 is 5.56 Å². The highest BCUT2D eigenvalue weighted by Crippen LogP contribution is 2.44. The zero-order chi connectivity index (χ0) is 20.6. The molecule has 0 fully saturated rings. The third-order valence-electron chi connectivity index (χ3n) is 4.71. The molecule has 0 amide bonds. The summed E-state index contributed by atoms with van der Waals surface area (Å²) in [7, 11) is 0. The summed E-state index contributed by atoms with van der Waals surface area (Å²) < 4.78 is 6.77. The van der Waals surface area contributed by atoms with Crippen molar-refractivity contribution in [3.8, 4) is 5.69 Å². The van der Waals surface area contributed by atoms with Crippen LogP contribution in [0.25, 0.3) is 15.9 Å². The fourth-order valence-electron chi connectivity index (χ4n) is 3.40. The van der Waals surface area contributed by atoms with E-state index in [4.69, 9.17) is 9.72 Å². The fraction of sp³-hybridized carbons (Fsp3) is 0.381. The summed E-state index contributed by atoms with van der Waals surface area (Å²) in [6.07, 6.45) is 0.855. The van der Waals surface area contributed by atoms with Gasteiger partial charge in [-0.3, -0.25) is 14.2 Å². The van der Waals surface area contributed by atoms with E-state index in [9.17, 15) is 9.59 Å². The van der Waals surface area contributed by atoms with E-state index in [0.717, 1.165) is 33.6 Å². The molecule has 1 aliphatic heterocycles. The first-order chi connectivity index (χ1) is 13.9. The molecule has 8 heteroatoms. The van der Waals surface area contributed by atoms with E-state index in [1.807, 2.05) is 42.1 Å². The molecular formula is C21H22N2O3S3. The molecule has 5 nitrogen and oxygen atoms in total. The number of thiophene rings is 1. The summed E-state index contributed by atoms with van der Waals surface area (Å²) in [6.45, 7) is 6.55.